The third-order valence-electron chi connectivity index (χ3n) is 3.20. The number of hydrogen-bond donors (Lipinski definition) is 1. The van der Waals surface area contributed by atoms with E-state index >= 15 is 0 Å². The van der Waals surface area contributed by atoms with E-state index in [2.05, 4.69) is 11.4 Å². The van der Waals surface area contributed by atoms with Crippen LogP contribution in [0.4, 0.5) is 5.00 Å². The number of anilines is 1. The number of carbonyl (C=O) groups excluding carboxylic acids is 1. The second-order valence-electron chi connectivity index (χ2n) is 4.76. The highest BCUT2D eigenvalue weighted by Gasteiger charge is 2.12. The van der Waals surface area contributed by atoms with Crippen molar-refractivity contribution in [1.29, 1.82) is 5.26 Å². The lowest BCUT2D eigenvalue weighted by atomic mass is 10.1. The van der Waals surface area contributed by atoms with Gasteiger partial charge in [-0.3, -0.25) is 4.79 Å². The highest BCUT2D eigenvalue weighted by Crippen LogP contribution is 2.25. The maximum Gasteiger partial charge on any atom is 0.229 e. The molecule has 2 aromatic heterocycles. The molecule has 0 radical (unpaired) electrons. The highest BCUT2D eigenvalue weighted by atomic mass is 32.1. The van der Waals surface area contributed by atoms with Crippen LogP contribution in [0.3, 0.4) is 0 Å². The van der Waals surface area contributed by atoms with Gasteiger partial charge in [0.15, 0.2) is 0 Å². The van der Waals surface area contributed by atoms with Crippen molar-refractivity contribution in [3.63, 3.8) is 0 Å². The molecule has 0 aliphatic rings. The Balaban J connectivity index is 1.79. The monoisotopic (exact) mass is 296 g/mol. The summed E-state index contributed by atoms with van der Waals surface area (Å²) < 4.78 is 5.48. The maximum atomic E-state index is 12.1. The number of rotatable bonds is 3. The van der Waals surface area contributed by atoms with Crippen LogP contribution >= 0.6 is 11.3 Å². The zero-order valence-corrected chi connectivity index (χ0v) is 12.2. The molecule has 1 N–H and O–H groups in total. The van der Waals surface area contributed by atoms with Crippen LogP contribution in [-0.2, 0) is 11.2 Å². The van der Waals surface area contributed by atoms with E-state index in [4.69, 9.17) is 9.68 Å². The summed E-state index contributed by atoms with van der Waals surface area (Å²) in [6.07, 6.45) is 1.84. The molecular formula is C16H12N2O2S. The maximum absolute atomic E-state index is 12.1. The number of hydrogen-bond acceptors (Lipinski definition) is 4. The summed E-state index contributed by atoms with van der Waals surface area (Å²) in [4.78, 5) is 12.1. The van der Waals surface area contributed by atoms with Crippen LogP contribution in [0.2, 0.25) is 0 Å². The summed E-state index contributed by atoms with van der Waals surface area (Å²) in [5, 5.41) is 15.0. The lowest BCUT2D eigenvalue weighted by Gasteiger charge is -2.02. The molecule has 21 heavy (non-hydrogen) atoms. The van der Waals surface area contributed by atoms with Gasteiger partial charge in [0.1, 0.15) is 16.7 Å². The minimum atomic E-state index is -0.155. The number of benzene rings is 1. The number of nitrogens with one attached hydrogen (secondary N) is 1. The fraction of sp³-hybridized carbons (Fsp3) is 0.125. The molecule has 0 saturated heterocycles. The van der Waals surface area contributed by atoms with E-state index in [9.17, 15) is 4.79 Å². The van der Waals surface area contributed by atoms with Crippen molar-refractivity contribution in [1.82, 2.24) is 0 Å². The molecule has 1 aromatic carbocycles. The number of carbonyl (C=O) groups is 1. The number of aryl methyl sites for hydroxylation is 1. The standard InChI is InChI=1S/C16H12N2O2S/c1-10-2-3-13-12(9-20-14(13)6-10)7-15(19)18-16-11(8-17)4-5-21-16/h2-6,9H,7H2,1H3,(H,18,19). The molecule has 0 aliphatic carbocycles. The van der Waals surface area contributed by atoms with E-state index in [0.29, 0.717) is 10.6 Å². The van der Waals surface area contributed by atoms with Gasteiger partial charge in [-0.1, -0.05) is 12.1 Å². The lowest BCUT2D eigenvalue weighted by Crippen LogP contribution is -2.13. The largest absolute Gasteiger partial charge is 0.464 e. The first-order valence-electron chi connectivity index (χ1n) is 6.41. The van der Waals surface area contributed by atoms with E-state index in [1.807, 2.05) is 25.1 Å². The minimum absolute atomic E-state index is 0.155. The smallest absolute Gasteiger partial charge is 0.229 e. The van der Waals surface area contributed by atoms with Crippen molar-refractivity contribution >= 4 is 33.2 Å². The fourth-order valence-electron chi connectivity index (χ4n) is 2.17. The topological polar surface area (TPSA) is 66.0 Å². The van der Waals surface area contributed by atoms with Crippen molar-refractivity contribution < 1.29 is 9.21 Å². The molecule has 0 spiro atoms. The van der Waals surface area contributed by atoms with Crippen LogP contribution in [-0.4, -0.2) is 5.91 Å². The summed E-state index contributed by atoms with van der Waals surface area (Å²) in [5.74, 6) is -0.155. The molecule has 0 atom stereocenters. The highest BCUT2D eigenvalue weighted by molar-refractivity contribution is 7.14. The summed E-state index contributed by atoms with van der Waals surface area (Å²) in [5.41, 5.74) is 3.23. The molecule has 0 bridgehead atoms. The van der Waals surface area contributed by atoms with Gasteiger partial charge >= 0.3 is 0 Å². The van der Waals surface area contributed by atoms with E-state index in [1.165, 1.54) is 11.3 Å². The van der Waals surface area contributed by atoms with Gasteiger partial charge in [0, 0.05) is 10.9 Å². The quantitative estimate of drug-likeness (QED) is 0.798. The molecule has 0 fully saturated rings. The molecule has 5 heteroatoms. The Kier molecular flexibility index (Phi) is 3.46. The first-order chi connectivity index (χ1) is 10.2. The van der Waals surface area contributed by atoms with Gasteiger partial charge < -0.3 is 9.73 Å². The number of nitriles is 1. The molecule has 3 rings (SSSR count). The Morgan fingerprint density at radius 1 is 1.43 bits per heavy atom. The van der Waals surface area contributed by atoms with Crippen LogP contribution in [0.5, 0.6) is 0 Å². The third-order valence-corrected chi connectivity index (χ3v) is 4.03. The van der Waals surface area contributed by atoms with E-state index in [1.54, 1.807) is 17.7 Å². The van der Waals surface area contributed by atoms with Crippen LogP contribution < -0.4 is 5.32 Å². The van der Waals surface area contributed by atoms with Crippen molar-refractivity contribution in [2.75, 3.05) is 5.32 Å². The summed E-state index contributed by atoms with van der Waals surface area (Å²) in [6.45, 7) is 1.99. The van der Waals surface area contributed by atoms with Gasteiger partial charge in [0.25, 0.3) is 0 Å². The average Bonchev–Trinajstić information content (AvgIpc) is 3.05. The van der Waals surface area contributed by atoms with E-state index in [-0.39, 0.29) is 12.3 Å². The first kappa shape index (κ1) is 13.4. The SMILES string of the molecule is Cc1ccc2c(CC(=O)Nc3sccc3C#N)coc2c1. The number of nitrogens with zero attached hydrogens (tertiary/aromatic N) is 1. The van der Waals surface area contributed by atoms with Gasteiger partial charge in [0.2, 0.25) is 5.91 Å². The molecule has 1 amide bonds. The molecule has 104 valence electrons. The Labute approximate surface area is 125 Å². The van der Waals surface area contributed by atoms with Gasteiger partial charge in [-0.15, -0.1) is 11.3 Å². The number of thiophene rings is 1. The fourth-order valence-corrected chi connectivity index (χ4v) is 2.92. The predicted octanol–water partition coefficient (Wildman–Crippen LogP) is 3.86. The second-order valence-corrected chi connectivity index (χ2v) is 5.68. The minimum Gasteiger partial charge on any atom is -0.464 e. The summed E-state index contributed by atoms with van der Waals surface area (Å²) >= 11 is 1.34. The van der Waals surface area contributed by atoms with Crippen LogP contribution in [0.15, 0.2) is 40.3 Å². The van der Waals surface area contributed by atoms with Crippen molar-refractivity contribution in [3.8, 4) is 6.07 Å². The third kappa shape index (κ3) is 2.67. The summed E-state index contributed by atoms with van der Waals surface area (Å²) in [7, 11) is 0. The van der Waals surface area contributed by atoms with Gasteiger partial charge in [-0.05, 0) is 30.0 Å². The molecule has 4 nitrogen and oxygen atoms in total. The van der Waals surface area contributed by atoms with Crippen LogP contribution in [0.25, 0.3) is 11.0 Å². The Morgan fingerprint density at radius 2 is 2.29 bits per heavy atom. The Hall–Kier alpha value is -2.58. The van der Waals surface area contributed by atoms with Crippen LogP contribution in [0.1, 0.15) is 16.7 Å². The first-order valence-corrected chi connectivity index (χ1v) is 7.29. The number of furan rings is 1. The zero-order chi connectivity index (χ0) is 14.8. The number of amides is 1. The molecule has 0 unspecified atom stereocenters. The molecular weight excluding hydrogens is 284 g/mol. The second kappa shape index (κ2) is 5.43. The molecule has 2 heterocycles. The van der Waals surface area contributed by atoms with Crippen molar-refractivity contribution in [2.45, 2.75) is 13.3 Å². The van der Waals surface area contributed by atoms with Gasteiger partial charge in [-0.25, -0.2) is 0 Å². The zero-order valence-electron chi connectivity index (χ0n) is 11.3. The number of fused-ring (bicyclic) bond motifs is 1. The van der Waals surface area contributed by atoms with Gasteiger partial charge in [-0.2, -0.15) is 5.26 Å². The predicted molar refractivity (Wildman–Crippen MR) is 82.3 cm³/mol. The Morgan fingerprint density at radius 3 is 3.10 bits per heavy atom. The molecule has 3 aromatic rings. The summed E-state index contributed by atoms with van der Waals surface area (Å²) in [6, 6.07) is 9.65. The average molecular weight is 296 g/mol. The van der Waals surface area contributed by atoms with Crippen molar-refractivity contribution in [3.05, 3.63) is 52.6 Å². The van der Waals surface area contributed by atoms with Gasteiger partial charge in [0.05, 0.1) is 18.2 Å². The van der Waals surface area contributed by atoms with Crippen LogP contribution in [0, 0.1) is 18.3 Å². The molecule has 0 aliphatic heterocycles. The van der Waals surface area contributed by atoms with E-state index < -0.39 is 0 Å². The normalized spacial score (nSPS) is 10.5. The van der Waals surface area contributed by atoms with Crippen molar-refractivity contribution in [2.24, 2.45) is 0 Å². The van der Waals surface area contributed by atoms with E-state index in [0.717, 1.165) is 22.1 Å². The lowest BCUT2D eigenvalue weighted by molar-refractivity contribution is -0.115. The Bertz CT molecular complexity index is 855. The molecule has 0 saturated carbocycles.